The summed E-state index contributed by atoms with van der Waals surface area (Å²) in [4.78, 5) is 34.0. The lowest BCUT2D eigenvalue weighted by Crippen LogP contribution is -2.44. The maximum atomic E-state index is 13.7. The summed E-state index contributed by atoms with van der Waals surface area (Å²) in [5, 5.41) is 1.21. The number of aromatic amines is 1. The molecular formula is C31H39N3O2. The van der Waals surface area contributed by atoms with Gasteiger partial charge in [-0.1, -0.05) is 73.7 Å². The molecule has 1 heterocycles. The quantitative estimate of drug-likeness (QED) is 0.362. The van der Waals surface area contributed by atoms with Crippen molar-refractivity contribution in [1.29, 1.82) is 0 Å². The third kappa shape index (κ3) is 6.18. The highest BCUT2D eigenvalue weighted by molar-refractivity contribution is 5.86. The van der Waals surface area contributed by atoms with Crippen molar-refractivity contribution in [2.24, 2.45) is 5.92 Å². The normalized spacial score (nSPS) is 15.9. The smallest absolute Gasteiger partial charge is 0.242 e. The lowest BCUT2D eigenvalue weighted by atomic mass is 10.0. The summed E-state index contributed by atoms with van der Waals surface area (Å²) < 4.78 is 0. The van der Waals surface area contributed by atoms with Crippen molar-refractivity contribution in [2.75, 3.05) is 13.1 Å². The maximum Gasteiger partial charge on any atom is 0.242 e. The number of H-pyrrole nitrogens is 1. The number of hydrogen-bond acceptors (Lipinski definition) is 2. The minimum absolute atomic E-state index is 0.0523. The Morgan fingerprint density at radius 3 is 2.44 bits per heavy atom. The maximum absolute atomic E-state index is 13.7. The van der Waals surface area contributed by atoms with Gasteiger partial charge in [-0.25, -0.2) is 0 Å². The lowest BCUT2D eigenvalue weighted by molar-refractivity contribution is -0.141. The summed E-state index contributed by atoms with van der Waals surface area (Å²) in [5.41, 5.74) is 4.68. The molecule has 0 unspecified atom stereocenters. The van der Waals surface area contributed by atoms with Crippen molar-refractivity contribution in [1.82, 2.24) is 14.8 Å². The van der Waals surface area contributed by atoms with Gasteiger partial charge in [-0.2, -0.15) is 0 Å². The number of carbonyl (C=O) groups is 2. The molecule has 0 radical (unpaired) electrons. The molecule has 190 valence electrons. The first-order chi connectivity index (χ1) is 17.6. The molecule has 0 bridgehead atoms. The molecule has 36 heavy (non-hydrogen) atoms. The van der Waals surface area contributed by atoms with Gasteiger partial charge < -0.3 is 14.8 Å². The molecule has 2 fully saturated rings. The molecule has 1 aromatic heterocycles. The second-order valence-electron chi connectivity index (χ2n) is 10.9. The molecule has 0 saturated heterocycles. The van der Waals surface area contributed by atoms with Crippen LogP contribution in [0.15, 0.2) is 54.7 Å². The average Bonchev–Trinajstić information content (AvgIpc) is 3.43. The zero-order valence-corrected chi connectivity index (χ0v) is 21.5. The molecule has 3 aromatic rings. The van der Waals surface area contributed by atoms with E-state index in [2.05, 4.69) is 60.6 Å². The molecule has 2 saturated carbocycles. The van der Waals surface area contributed by atoms with Crippen LogP contribution in [0.4, 0.5) is 0 Å². The predicted molar refractivity (Wildman–Crippen MR) is 145 cm³/mol. The van der Waals surface area contributed by atoms with Crippen LogP contribution in [0.1, 0.15) is 68.1 Å². The lowest BCUT2D eigenvalue weighted by Gasteiger charge is -2.28. The number of aryl methyl sites for hydroxylation is 1. The fourth-order valence-corrected chi connectivity index (χ4v) is 5.62. The van der Waals surface area contributed by atoms with Gasteiger partial charge in [0.2, 0.25) is 11.8 Å². The molecule has 5 rings (SSSR count). The number of carbonyl (C=O) groups excluding carboxylic acids is 2. The van der Waals surface area contributed by atoms with E-state index in [-0.39, 0.29) is 24.4 Å². The van der Waals surface area contributed by atoms with Crippen LogP contribution >= 0.6 is 0 Å². The zero-order valence-electron chi connectivity index (χ0n) is 21.5. The standard InChI is InChI=1S/C31H39N3O2/c1-23-10-12-25(13-11-23)21-33(19-18-26-20-32-29-9-5-4-8-28(26)29)31(36)22-34(27-15-16-27)30(35)17-14-24-6-2-3-7-24/h4-5,8-13,20,24,27,32H,2-3,6-7,14-19,21-22H2,1H3. The fourth-order valence-electron chi connectivity index (χ4n) is 5.62. The minimum atomic E-state index is 0.0523. The van der Waals surface area contributed by atoms with Crippen LogP contribution in [0.5, 0.6) is 0 Å². The van der Waals surface area contributed by atoms with Gasteiger partial charge in [-0.3, -0.25) is 9.59 Å². The first-order valence-electron chi connectivity index (χ1n) is 13.7. The Hall–Kier alpha value is -3.08. The summed E-state index contributed by atoms with van der Waals surface area (Å²) in [6.45, 7) is 3.47. The second kappa shape index (κ2) is 11.3. The number of nitrogens with zero attached hydrogens (tertiary/aromatic N) is 2. The number of amides is 2. The summed E-state index contributed by atoms with van der Waals surface area (Å²) >= 11 is 0. The Labute approximate surface area is 214 Å². The Morgan fingerprint density at radius 2 is 1.69 bits per heavy atom. The Balaban J connectivity index is 1.27. The van der Waals surface area contributed by atoms with Crippen LogP contribution in [0.2, 0.25) is 0 Å². The van der Waals surface area contributed by atoms with Crippen molar-refractivity contribution >= 4 is 22.7 Å². The first-order valence-corrected chi connectivity index (χ1v) is 13.7. The van der Waals surface area contributed by atoms with Gasteiger partial charge in [-0.15, -0.1) is 0 Å². The second-order valence-corrected chi connectivity index (χ2v) is 10.9. The molecule has 2 aromatic carbocycles. The van der Waals surface area contributed by atoms with E-state index in [0.717, 1.165) is 36.8 Å². The molecule has 2 amide bonds. The summed E-state index contributed by atoms with van der Waals surface area (Å²) in [7, 11) is 0. The van der Waals surface area contributed by atoms with E-state index in [1.165, 1.54) is 42.2 Å². The van der Waals surface area contributed by atoms with Crippen LogP contribution in [-0.4, -0.2) is 45.7 Å². The molecule has 5 nitrogen and oxygen atoms in total. The van der Waals surface area contributed by atoms with Gasteiger partial charge in [0.1, 0.15) is 6.54 Å². The number of fused-ring (bicyclic) bond motifs is 1. The fraction of sp³-hybridized carbons (Fsp3) is 0.484. The number of benzene rings is 2. The van der Waals surface area contributed by atoms with Gasteiger partial charge in [0.05, 0.1) is 0 Å². The Morgan fingerprint density at radius 1 is 0.944 bits per heavy atom. The average molecular weight is 486 g/mol. The van der Waals surface area contributed by atoms with Gasteiger partial charge in [-0.05, 0) is 55.7 Å². The number of para-hydroxylation sites is 1. The van der Waals surface area contributed by atoms with Crippen LogP contribution in [0, 0.1) is 12.8 Å². The van der Waals surface area contributed by atoms with E-state index >= 15 is 0 Å². The van der Waals surface area contributed by atoms with Crippen molar-refractivity contribution in [3.05, 3.63) is 71.4 Å². The minimum Gasteiger partial charge on any atom is -0.361 e. The molecule has 2 aliphatic carbocycles. The largest absolute Gasteiger partial charge is 0.361 e. The molecule has 5 heteroatoms. The van der Waals surface area contributed by atoms with Crippen molar-refractivity contribution < 1.29 is 9.59 Å². The van der Waals surface area contributed by atoms with E-state index in [0.29, 0.717) is 25.4 Å². The van der Waals surface area contributed by atoms with Crippen LogP contribution < -0.4 is 0 Å². The summed E-state index contributed by atoms with van der Waals surface area (Å²) in [6.07, 6.45) is 11.6. The van der Waals surface area contributed by atoms with Crippen molar-refractivity contribution in [3.63, 3.8) is 0 Å². The Bertz CT molecular complexity index is 1170. The molecule has 0 aliphatic heterocycles. The molecular weight excluding hydrogens is 446 g/mol. The van der Waals surface area contributed by atoms with Gasteiger partial charge in [0, 0.05) is 42.7 Å². The van der Waals surface area contributed by atoms with E-state index in [1.54, 1.807) is 0 Å². The van der Waals surface area contributed by atoms with Crippen LogP contribution in [-0.2, 0) is 22.6 Å². The highest BCUT2D eigenvalue weighted by Gasteiger charge is 2.35. The number of aromatic nitrogens is 1. The highest BCUT2D eigenvalue weighted by atomic mass is 16.2. The van der Waals surface area contributed by atoms with Crippen LogP contribution in [0.25, 0.3) is 10.9 Å². The highest BCUT2D eigenvalue weighted by Crippen LogP contribution is 2.31. The third-order valence-corrected chi connectivity index (χ3v) is 8.03. The predicted octanol–water partition coefficient (Wildman–Crippen LogP) is 6.01. The van der Waals surface area contributed by atoms with Gasteiger partial charge in [0.15, 0.2) is 0 Å². The SMILES string of the molecule is Cc1ccc(CN(CCc2c[nH]c3ccccc23)C(=O)CN(C(=O)CCC2CCCC2)C2CC2)cc1. The van der Waals surface area contributed by atoms with Gasteiger partial charge >= 0.3 is 0 Å². The van der Waals surface area contributed by atoms with Crippen molar-refractivity contribution in [2.45, 2.75) is 77.3 Å². The van der Waals surface area contributed by atoms with Crippen molar-refractivity contribution in [3.8, 4) is 0 Å². The van der Waals surface area contributed by atoms with E-state index in [4.69, 9.17) is 0 Å². The van der Waals surface area contributed by atoms with Gasteiger partial charge in [0.25, 0.3) is 0 Å². The molecule has 0 atom stereocenters. The van der Waals surface area contributed by atoms with E-state index < -0.39 is 0 Å². The van der Waals surface area contributed by atoms with Crippen LogP contribution in [0.3, 0.4) is 0 Å². The first kappa shape index (κ1) is 24.6. The zero-order chi connectivity index (χ0) is 24.9. The van der Waals surface area contributed by atoms with E-state index in [9.17, 15) is 9.59 Å². The number of nitrogens with one attached hydrogen (secondary N) is 1. The Kier molecular flexibility index (Phi) is 7.74. The summed E-state index contributed by atoms with van der Waals surface area (Å²) in [6, 6.07) is 17.0. The monoisotopic (exact) mass is 485 g/mol. The number of hydrogen-bond donors (Lipinski definition) is 1. The molecule has 2 aliphatic rings. The third-order valence-electron chi connectivity index (χ3n) is 8.03. The number of rotatable bonds is 11. The van der Waals surface area contributed by atoms with E-state index in [1.807, 2.05) is 15.9 Å². The summed E-state index contributed by atoms with van der Waals surface area (Å²) in [5.74, 6) is 0.918. The molecule has 0 spiro atoms. The topological polar surface area (TPSA) is 56.4 Å². The molecule has 1 N–H and O–H groups in total.